The molecule has 0 aliphatic carbocycles. The van der Waals surface area contributed by atoms with E-state index in [9.17, 15) is 9.59 Å². The Hall–Kier alpha value is -1.79. The molecule has 0 radical (unpaired) electrons. The fourth-order valence-electron chi connectivity index (χ4n) is 1.79. The van der Waals surface area contributed by atoms with Gasteiger partial charge in [-0.3, -0.25) is 14.5 Å². The van der Waals surface area contributed by atoms with Crippen LogP contribution in [0.15, 0.2) is 18.2 Å². The molecular weight excluding hydrogens is 296 g/mol. The van der Waals surface area contributed by atoms with E-state index in [1.807, 2.05) is 0 Å². The van der Waals surface area contributed by atoms with Crippen LogP contribution in [0.2, 0.25) is 5.02 Å². The van der Waals surface area contributed by atoms with Crippen molar-refractivity contribution in [3.8, 4) is 5.75 Å². The van der Waals surface area contributed by atoms with Gasteiger partial charge in [0.1, 0.15) is 5.75 Å². The van der Waals surface area contributed by atoms with Crippen molar-refractivity contribution in [1.29, 1.82) is 0 Å². The highest BCUT2D eigenvalue weighted by molar-refractivity contribution is 6.31. The number of benzene rings is 1. The number of hydrogen-bond donors (Lipinski definition) is 2. The summed E-state index contributed by atoms with van der Waals surface area (Å²) in [6.07, 6.45) is 0.591. The third-order valence-corrected chi connectivity index (χ3v) is 3.01. The van der Waals surface area contributed by atoms with E-state index in [1.165, 1.54) is 7.11 Å². The fourth-order valence-corrected chi connectivity index (χ4v) is 1.96. The van der Waals surface area contributed by atoms with E-state index in [2.05, 4.69) is 5.32 Å². The number of aliphatic carboxylic acids is 1. The Morgan fingerprint density at radius 1 is 1.43 bits per heavy atom. The number of hydrogen-bond acceptors (Lipinski definition) is 4. The van der Waals surface area contributed by atoms with E-state index >= 15 is 0 Å². The molecule has 0 heterocycles. The van der Waals surface area contributed by atoms with Crippen LogP contribution in [0, 0.1) is 0 Å². The molecule has 0 aliphatic heterocycles. The minimum Gasteiger partial charge on any atom is -0.495 e. The second kappa shape index (κ2) is 8.49. The molecule has 0 fully saturated rings. The minimum atomic E-state index is -0.837. The van der Waals surface area contributed by atoms with Crippen LogP contribution >= 0.6 is 11.6 Å². The van der Waals surface area contributed by atoms with E-state index < -0.39 is 5.97 Å². The molecule has 0 bridgehead atoms. The summed E-state index contributed by atoms with van der Waals surface area (Å²) in [6, 6.07) is 4.96. The summed E-state index contributed by atoms with van der Waals surface area (Å²) in [4.78, 5) is 24.1. The van der Waals surface area contributed by atoms with Crippen molar-refractivity contribution in [2.75, 3.05) is 32.6 Å². The lowest BCUT2D eigenvalue weighted by molar-refractivity contribution is -0.137. The van der Waals surface area contributed by atoms with Gasteiger partial charge in [0.15, 0.2) is 0 Å². The van der Waals surface area contributed by atoms with Crippen LogP contribution in [-0.4, -0.2) is 49.1 Å². The predicted octanol–water partition coefficient (Wildman–Crippen LogP) is 2.08. The zero-order valence-corrected chi connectivity index (χ0v) is 12.8. The molecule has 6 nitrogen and oxygen atoms in total. The van der Waals surface area contributed by atoms with Gasteiger partial charge < -0.3 is 15.2 Å². The van der Waals surface area contributed by atoms with Crippen LogP contribution in [0.25, 0.3) is 0 Å². The lowest BCUT2D eigenvalue weighted by Crippen LogP contribution is -2.31. The lowest BCUT2D eigenvalue weighted by Gasteiger charge is -2.16. The molecule has 7 heteroatoms. The zero-order valence-electron chi connectivity index (χ0n) is 12.1. The average molecular weight is 315 g/mol. The highest BCUT2D eigenvalue weighted by Crippen LogP contribution is 2.27. The predicted molar refractivity (Wildman–Crippen MR) is 81.0 cm³/mol. The summed E-state index contributed by atoms with van der Waals surface area (Å²) < 4.78 is 5.15. The maximum absolute atomic E-state index is 11.9. The average Bonchev–Trinajstić information content (AvgIpc) is 2.38. The molecule has 1 amide bonds. The van der Waals surface area contributed by atoms with Crippen LogP contribution in [0.5, 0.6) is 5.75 Å². The molecule has 1 aromatic rings. The summed E-state index contributed by atoms with van der Waals surface area (Å²) in [7, 11) is 3.27. The number of halogens is 1. The highest BCUT2D eigenvalue weighted by Gasteiger charge is 2.11. The number of carbonyl (C=O) groups is 2. The maximum atomic E-state index is 11.9. The first kappa shape index (κ1) is 17.3. The van der Waals surface area contributed by atoms with Gasteiger partial charge in [-0.2, -0.15) is 0 Å². The molecule has 2 N–H and O–H groups in total. The number of amides is 1. The van der Waals surface area contributed by atoms with E-state index in [4.69, 9.17) is 21.4 Å². The molecule has 116 valence electrons. The number of nitrogens with one attached hydrogen (secondary N) is 1. The van der Waals surface area contributed by atoms with Crippen molar-refractivity contribution < 1.29 is 19.4 Å². The quantitative estimate of drug-likeness (QED) is 0.768. The van der Waals surface area contributed by atoms with Gasteiger partial charge in [-0.05, 0) is 38.2 Å². The van der Waals surface area contributed by atoms with Gasteiger partial charge in [0, 0.05) is 11.4 Å². The molecule has 0 saturated carbocycles. The first-order chi connectivity index (χ1) is 9.92. The zero-order chi connectivity index (χ0) is 15.8. The molecule has 0 aliphatic rings. The topological polar surface area (TPSA) is 78.9 Å². The number of carboxylic acid groups (broad SMARTS) is 1. The van der Waals surface area contributed by atoms with Crippen LogP contribution in [-0.2, 0) is 9.59 Å². The third kappa shape index (κ3) is 6.46. The van der Waals surface area contributed by atoms with Crippen molar-refractivity contribution in [3.05, 3.63) is 23.2 Å². The molecule has 1 aromatic carbocycles. The van der Waals surface area contributed by atoms with Gasteiger partial charge >= 0.3 is 5.97 Å². The Labute approximate surface area is 128 Å². The molecule has 0 atom stereocenters. The first-order valence-electron chi connectivity index (χ1n) is 6.46. The smallest absolute Gasteiger partial charge is 0.303 e. The summed E-state index contributed by atoms with van der Waals surface area (Å²) in [6.45, 7) is 0.696. The monoisotopic (exact) mass is 314 g/mol. The Morgan fingerprint density at radius 3 is 2.76 bits per heavy atom. The fraction of sp³-hybridized carbons (Fsp3) is 0.429. The minimum absolute atomic E-state index is 0.0913. The second-order valence-electron chi connectivity index (χ2n) is 4.63. The van der Waals surface area contributed by atoms with Gasteiger partial charge in [-0.15, -0.1) is 0 Å². The van der Waals surface area contributed by atoms with Crippen molar-refractivity contribution in [2.45, 2.75) is 12.8 Å². The maximum Gasteiger partial charge on any atom is 0.303 e. The Morgan fingerprint density at radius 2 is 2.14 bits per heavy atom. The Balaban J connectivity index is 2.49. The summed E-state index contributed by atoms with van der Waals surface area (Å²) in [5.41, 5.74) is 0.508. The third-order valence-electron chi connectivity index (χ3n) is 2.78. The lowest BCUT2D eigenvalue weighted by atomic mass is 10.2. The number of nitrogens with zero attached hydrogens (tertiary/aromatic N) is 1. The molecule has 0 aromatic heterocycles. The first-order valence-corrected chi connectivity index (χ1v) is 6.84. The highest BCUT2D eigenvalue weighted by atomic mass is 35.5. The number of carboxylic acids is 1. The van der Waals surface area contributed by atoms with Gasteiger partial charge in [-0.25, -0.2) is 0 Å². The summed E-state index contributed by atoms with van der Waals surface area (Å²) in [5, 5.41) is 11.8. The van der Waals surface area contributed by atoms with E-state index in [0.29, 0.717) is 29.4 Å². The molecule has 0 unspecified atom stereocenters. The molecular formula is C14H19ClN2O4. The number of carbonyl (C=O) groups excluding carboxylic acids is 1. The summed E-state index contributed by atoms with van der Waals surface area (Å²) in [5.74, 6) is -0.522. The van der Waals surface area contributed by atoms with Crippen LogP contribution < -0.4 is 10.1 Å². The van der Waals surface area contributed by atoms with E-state index in [-0.39, 0.29) is 18.9 Å². The summed E-state index contributed by atoms with van der Waals surface area (Å²) >= 11 is 5.89. The number of methoxy groups -OCH3 is 1. The van der Waals surface area contributed by atoms with E-state index in [1.54, 1.807) is 30.1 Å². The van der Waals surface area contributed by atoms with Crippen molar-refractivity contribution in [2.24, 2.45) is 0 Å². The largest absolute Gasteiger partial charge is 0.495 e. The number of ether oxygens (including phenoxy) is 1. The number of likely N-dealkylation sites (N-methyl/N-ethyl adjacent to an activating group) is 1. The van der Waals surface area contributed by atoms with Gasteiger partial charge in [0.25, 0.3) is 0 Å². The van der Waals surface area contributed by atoms with Gasteiger partial charge in [0.05, 0.1) is 19.3 Å². The molecule has 0 saturated heterocycles. The number of anilines is 1. The SMILES string of the molecule is COc1ccc(Cl)cc1NC(=O)CN(C)CCCC(=O)O. The Bertz CT molecular complexity index is 508. The molecule has 0 spiro atoms. The van der Waals surface area contributed by atoms with Gasteiger partial charge in [0.2, 0.25) is 5.91 Å². The second-order valence-corrected chi connectivity index (χ2v) is 5.06. The normalized spacial score (nSPS) is 10.5. The van der Waals surface area contributed by atoms with Crippen molar-refractivity contribution in [1.82, 2.24) is 4.90 Å². The number of rotatable bonds is 8. The van der Waals surface area contributed by atoms with Crippen LogP contribution in [0.1, 0.15) is 12.8 Å². The van der Waals surface area contributed by atoms with E-state index in [0.717, 1.165) is 0 Å². The van der Waals surface area contributed by atoms with Gasteiger partial charge in [-0.1, -0.05) is 11.6 Å². The van der Waals surface area contributed by atoms with Crippen LogP contribution in [0.4, 0.5) is 5.69 Å². The molecule has 21 heavy (non-hydrogen) atoms. The van der Waals surface area contributed by atoms with Crippen molar-refractivity contribution >= 4 is 29.2 Å². The van der Waals surface area contributed by atoms with Crippen molar-refractivity contribution in [3.63, 3.8) is 0 Å². The molecule has 1 rings (SSSR count). The Kier molecular flexibility index (Phi) is 6.98. The standard InChI is InChI=1S/C14H19ClN2O4/c1-17(7-3-4-14(19)20)9-13(18)16-11-8-10(15)5-6-12(11)21-2/h5-6,8H,3-4,7,9H2,1-2H3,(H,16,18)(H,19,20). The van der Waals surface area contributed by atoms with Crippen LogP contribution in [0.3, 0.4) is 0 Å².